The Labute approximate surface area is 139 Å². The van der Waals surface area contributed by atoms with Crippen LogP contribution in [0.2, 0.25) is 0 Å². The molecule has 0 spiro atoms. The van der Waals surface area contributed by atoms with Crippen molar-refractivity contribution in [1.29, 1.82) is 0 Å². The highest BCUT2D eigenvalue weighted by Gasteiger charge is 2.30. The van der Waals surface area contributed by atoms with Gasteiger partial charge in [-0.3, -0.25) is 4.79 Å². The Bertz CT molecular complexity index is 666. The molecule has 3 heterocycles. The zero-order chi connectivity index (χ0) is 15.8. The summed E-state index contributed by atoms with van der Waals surface area (Å²) in [6.45, 7) is 3.51. The van der Waals surface area contributed by atoms with Crippen LogP contribution in [-0.2, 0) is 17.6 Å². The summed E-state index contributed by atoms with van der Waals surface area (Å²) in [7, 11) is 0. The highest BCUT2D eigenvalue weighted by atomic mass is 32.1. The number of amides is 1. The summed E-state index contributed by atoms with van der Waals surface area (Å²) in [4.78, 5) is 24.8. The van der Waals surface area contributed by atoms with Crippen LogP contribution in [0.15, 0.2) is 12.7 Å². The number of nitrogens with zero attached hydrogens (tertiary/aromatic N) is 5. The van der Waals surface area contributed by atoms with Gasteiger partial charge in [-0.05, 0) is 39.0 Å². The van der Waals surface area contributed by atoms with E-state index in [2.05, 4.69) is 10.1 Å². The lowest BCUT2D eigenvalue weighted by Crippen LogP contribution is -2.41. The maximum atomic E-state index is 12.6. The van der Waals surface area contributed by atoms with Crippen LogP contribution < -0.4 is 0 Å². The average Bonchev–Trinajstić information content (AvgIpc) is 3.29. The Morgan fingerprint density at radius 3 is 2.87 bits per heavy atom. The smallest absolute Gasteiger partial charge is 0.247 e. The third-order valence-corrected chi connectivity index (χ3v) is 6.28. The summed E-state index contributed by atoms with van der Waals surface area (Å²) in [6.07, 6.45) is 8.73. The fourth-order valence-corrected chi connectivity index (χ4v) is 4.85. The predicted octanol–water partition coefficient (Wildman–Crippen LogP) is 2.19. The third-order valence-electron chi connectivity index (χ3n) is 4.96. The number of hydrogen-bond acceptors (Lipinski definition) is 5. The molecule has 7 heteroatoms. The fourth-order valence-electron chi connectivity index (χ4n) is 3.53. The quantitative estimate of drug-likeness (QED) is 0.865. The molecule has 0 saturated carbocycles. The molecule has 0 unspecified atom stereocenters. The van der Waals surface area contributed by atoms with Gasteiger partial charge < -0.3 is 4.90 Å². The molecule has 122 valence electrons. The van der Waals surface area contributed by atoms with E-state index < -0.39 is 0 Å². The van der Waals surface area contributed by atoms with Crippen molar-refractivity contribution < 1.29 is 4.79 Å². The van der Waals surface area contributed by atoms with Crippen molar-refractivity contribution in [3.05, 3.63) is 28.2 Å². The lowest BCUT2D eigenvalue weighted by atomic mass is 9.97. The maximum absolute atomic E-state index is 12.6. The van der Waals surface area contributed by atoms with Crippen molar-refractivity contribution in [3.8, 4) is 0 Å². The Balaban J connectivity index is 1.37. The van der Waals surface area contributed by atoms with Gasteiger partial charge in [-0.2, -0.15) is 5.10 Å². The normalized spacial score (nSPS) is 19.8. The molecule has 1 amide bonds. The topological polar surface area (TPSA) is 63.9 Å². The number of piperidine rings is 1. The molecule has 1 aliphatic carbocycles. The Morgan fingerprint density at radius 1 is 1.35 bits per heavy atom. The first-order chi connectivity index (χ1) is 11.2. The minimum Gasteiger partial charge on any atom is -0.341 e. The number of rotatable bonds is 3. The molecule has 1 aliphatic heterocycles. The fraction of sp³-hybridized carbons (Fsp3) is 0.625. The second kappa shape index (κ2) is 6.03. The van der Waals surface area contributed by atoms with Crippen LogP contribution in [0.5, 0.6) is 0 Å². The minimum absolute atomic E-state index is 0.135. The first kappa shape index (κ1) is 14.8. The van der Waals surface area contributed by atoms with Crippen LogP contribution in [-0.4, -0.2) is 43.6 Å². The largest absolute Gasteiger partial charge is 0.341 e. The van der Waals surface area contributed by atoms with Gasteiger partial charge in [0.25, 0.3) is 0 Å². The van der Waals surface area contributed by atoms with Crippen LogP contribution >= 0.6 is 11.3 Å². The van der Waals surface area contributed by atoms with Crippen molar-refractivity contribution >= 4 is 17.2 Å². The molecule has 1 atom stereocenters. The van der Waals surface area contributed by atoms with Gasteiger partial charge in [0.15, 0.2) is 0 Å². The number of carbonyl (C=O) groups excluding carboxylic acids is 1. The van der Waals surface area contributed by atoms with Crippen LogP contribution in [0.25, 0.3) is 0 Å². The molecule has 1 saturated heterocycles. The Kier molecular flexibility index (Phi) is 3.88. The van der Waals surface area contributed by atoms with Crippen molar-refractivity contribution in [1.82, 2.24) is 24.6 Å². The zero-order valence-corrected chi connectivity index (χ0v) is 14.1. The maximum Gasteiger partial charge on any atom is 0.247 e. The molecule has 1 fully saturated rings. The number of thiazole rings is 1. The lowest BCUT2D eigenvalue weighted by Gasteiger charge is -2.32. The van der Waals surface area contributed by atoms with E-state index in [1.807, 2.05) is 23.2 Å². The van der Waals surface area contributed by atoms with Gasteiger partial charge in [0, 0.05) is 23.9 Å². The second-order valence-corrected chi connectivity index (χ2v) is 7.54. The average molecular weight is 331 g/mol. The molecule has 6 nitrogen and oxygen atoms in total. The zero-order valence-electron chi connectivity index (χ0n) is 13.3. The van der Waals surface area contributed by atoms with Crippen molar-refractivity contribution in [3.63, 3.8) is 0 Å². The molecular weight excluding hydrogens is 310 g/mol. The van der Waals surface area contributed by atoms with E-state index in [-0.39, 0.29) is 11.9 Å². The van der Waals surface area contributed by atoms with Gasteiger partial charge in [0.05, 0.1) is 10.7 Å². The third kappa shape index (κ3) is 2.78. The van der Waals surface area contributed by atoms with E-state index in [1.165, 1.54) is 34.7 Å². The van der Waals surface area contributed by atoms with E-state index >= 15 is 0 Å². The van der Waals surface area contributed by atoms with Crippen molar-refractivity contribution in [2.24, 2.45) is 0 Å². The Morgan fingerprint density at radius 2 is 2.17 bits per heavy atom. The molecule has 2 aromatic heterocycles. The summed E-state index contributed by atoms with van der Waals surface area (Å²) in [6, 6.07) is -0.280. The van der Waals surface area contributed by atoms with Crippen LogP contribution in [0.3, 0.4) is 0 Å². The Hall–Kier alpha value is -1.76. The lowest BCUT2D eigenvalue weighted by molar-refractivity contribution is -0.135. The van der Waals surface area contributed by atoms with Crippen LogP contribution in [0.1, 0.15) is 53.7 Å². The molecule has 2 aliphatic rings. The number of fused-ring (bicyclic) bond motifs is 1. The first-order valence-electron chi connectivity index (χ1n) is 8.33. The number of carbonyl (C=O) groups is 1. The monoisotopic (exact) mass is 331 g/mol. The predicted molar refractivity (Wildman–Crippen MR) is 87.4 cm³/mol. The van der Waals surface area contributed by atoms with Gasteiger partial charge in [0.2, 0.25) is 5.91 Å². The number of hydrogen-bond donors (Lipinski definition) is 0. The highest BCUT2D eigenvalue weighted by molar-refractivity contribution is 7.11. The molecule has 2 aromatic rings. The first-order valence-corrected chi connectivity index (χ1v) is 9.15. The van der Waals surface area contributed by atoms with Crippen LogP contribution in [0, 0.1) is 0 Å². The van der Waals surface area contributed by atoms with Gasteiger partial charge in [0.1, 0.15) is 18.7 Å². The molecule has 0 aromatic carbocycles. The van der Waals surface area contributed by atoms with E-state index in [1.54, 1.807) is 11.0 Å². The number of likely N-dealkylation sites (tertiary alicyclic amines) is 1. The molecule has 0 radical (unpaired) electrons. The van der Waals surface area contributed by atoms with E-state index in [4.69, 9.17) is 4.98 Å². The summed E-state index contributed by atoms with van der Waals surface area (Å²) in [5.74, 6) is 0.659. The summed E-state index contributed by atoms with van der Waals surface area (Å²) in [5.41, 5.74) is 1.34. The number of aromatic nitrogens is 4. The molecule has 0 N–H and O–H groups in total. The minimum atomic E-state index is -0.280. The number of aryl methyl sites for hydroxylation is 2. The standard InChI is InChI=1S/C16H21N5OS/c1-11(21-10-17-9-18-21)16(22)20-7-5-12(6-8-20)15-19-13-3-2-4-14(13)23-15/h9-12H,2-8H2,1H3/t11-/m0/s1. The summed E-state index contributed by atoms with van der Waals surface area (Å²) in [5, 5.41) is 5.37. The molecule has 4 rings (SSSR count). The molecule has 23 heavy (non-hydrogen) atoms. The molecule has 0 bridgehead atoms. The molecular formula is C16H21N5OS. The van der Waals surface area contributed by atoms with E-state index in [9.17, 15) is 4.79 Å². The van der Waals surface area contributed by atoms with Crippen molar-refractivity contribution in [2.45, 2.75) is 51.0 Å². The second-order valence-electron chi connectivity index (χ2n) is 6.43. The van der Waals surface area contributed by atoms with Crippen molar-refractivity contribution in [2.75, 3.05) is 13.1 Å². The van der Waals surface area contributed by atoms with Gasteiger partial charge in [-0.25, -0.2) is 14.6 Å². The van der Waals surface area contributed by atoms with E-state index in [0.717, 1.165) is 32.4 Å². The van der Waals surface area contributed by atoms with E-state index in [0.29, 0.717) is 5.92 Å². The van der Waals surface area contributed by atoms with Crippen LogP contribution in [0.4, 0.5) is 0 Å². The van der Waals surface area contributed by atoms with Gasteiger partial charge in [-0.1, -0.05) is 0 Å². The van der Waals surface area contributed by atoms with Gasteiger partial charge in [-0.15, -0.1) is 11.3 Å². The highest BCUT2D eigenvalue weighted by Crippen LogP contribution is 2.36. The SMILES string of the molecule is C[C@@H](C(=O)N1CCC(c2nc3c(s2)CCC3)CC1)n1cncn1. The summed E-state index contributed by atoms with van der Waals surface area (Å²) >= 11 is 1.91. The summed E-state index contributed by atoms with van der Waals surface area (Å²) < 4.78 is 1.62. The van der Waals surface area contributed by atoms with Gasteiger partial charge >= 0.3 is 0 Å².